The largest absolute Gasteiger partial charge is 0.356 e. The van der Waals surface area contributed by atoms with Crippen molar-refractivity contribution in [1.82, 2.24) is 20.3 Å². The maximum absolute atomic E-state index is 11.9. The minimum atomic E-state index is -0.0579. The molecule has 0 spiro atoms. The maximum atomic E-state index is 11.9. The number of nitrogens with one attached hydrogen (secondary N) is 2. The first-order valence-corrected chi connectivity index (χ1v) is 8.16. The van der Waals surface area contributed by atoms with E-state index in [1.54, 1.807) is 24.4 Å². The number of aromatic amines is 1. The topological polar surface area (TPSA) is 70.7 Å². The third-order valence-electron chi connectivity index (χ3n) is 3.91. The van der Waals surface area contributed by atoms with Crippen LogP contribution in [0.1, 0.15) is 16.1 Å². The Morgan fingerprint density at radius 3 is 2.75 bits per heavy atom. The van der Waals surface area contributed by atoms with Gasteiger partial charge in [-0.2, -0.15) is 0 Å². The summed E-state index contributed by atoms with van der Waals surface area (Å²) in [5.74, 6) is 0.487. The SMILES string of the molecule is O=C1NCCc2[nH]c(-c3ccnc(-c4ccc(Cl)c(Cl)c4)n3)cc21. The van der Waals surface area contributed by atoms with E-state index in [-0.39, 0.29) is 5.91 Å². The molecule has 3 aromatic rings. The van der Waals surface area contributed by atoms with Gasteiger partial charge in [-0.15, -0.1) is 0 Å². The standard InChI is InChI=1S/C17H12Cl2N4O/c18-11-2-1-9(7-12(11)19)16-20-5-4-14(23-16)15-8-10-13(22-15)3-6-21-17(10)24/h1-2,4-5,7-8,22H,3,6H2,(H,21,24). The average molecular weight is 359 g/mol. The molecule has 1 aliphatic rings. The van der Waals surface area contributed by atoms with Gasteiger partial charge >= 0.3 is 0 Å². The molecule has 7 heteroatoms. The summed E-state index contributed by atoms with van der Waals surface area (Å²) in [6.45, 7) is 0.643. The van der Waals surface area contributed by atoms with Gasteiger partial charge in [0.15, 0.2) is 5.82 Å². The number of halogens is 2. The van der Waals surface area contributed by atoms with E-state index in [0.29, 0.717) is 33.7 Å². The Morgan fingerprint density at radius 2 is 1.96 bits per heavy atom. The van der Waals surface area contributed by atoms with Crippen LogP contribution >= 0.6 is 23.2 Å². The number of amides is 1. The molecule has 1 aliphatic heterocycles. The summed E-state index contributed by atoms with van der Waals surface area (Å²) >= 11 is 12.0. The number of benzene rings is 1. The van der Waals surface area contributed by atoms with Crippen molar-refractivity contribution in [1.29, 1.82) is 0 Å². The lowest BCUT2D eigenvalue weighted by Crippen LogP contribution is -2.31. The summed E-state index contributed by atoms with van der Waals surface area (Å²) < 4.78 is 0. The smallest absolute Gasteiger partial charge is 0.253 e. The van der Waals surface area contributed by atoms with Gasteiger partial charge in [0.1, 0.15) is 0 Å². The summed E-state index contributed by atoms with van der Waals surface area (Å²) in [5.41, 5.74) is 3.89. The van der Waals surface area contributed by atoms with Gasteiger partial charge in [0.05, 0.1) is 27.0 Å². The van der Waals surface area contributed by atoms with Gasteiger partial charge in [-0.1, -0.05) is 23.2 Å². The number of nitrogens with zero attached hydrogens (tertiary/aromatic N) is 2. The van der Waals surface area contributed by atoms with E-state index in [2.05, 4.69) is 20.3 Å². The third kappa shape index (κ3) is 2.66. The van der Waals surface area contributed by atoms with Crippen LogP contribution in [0.2, 0.25) is 10.0 Å². The van der Waals surface area contributed by atoms with Crippen LogP contribution in [0.25, 0.3) is 22.8 Å². The minimum Gasteiger partial charge on any atom is -0.356 e. The number of hydrogen-bond donors (Lipinski definition) is 2. The molecule has 1 aromatic carbocycles. The number of aromatic nitrogens is 3. The molecule has 4 rings (SSSR count). The molecule has 0 fully saturated rings. The lowest BCUT2D eigenvalue weighted by molar-refractivity contribution is 0.0946. The number of hydrogen-bond acceptors (Lipinski definition) is 3. The average Bonchev–Trinajstić information content (AvgIpc) is 3.03. The molecule has 120 valence electrons. The monoisotopic (exact) mass is 358 g/mol. The molecule has 0 saturated carbocycles. The van der Waals surface area contributed by atoms with Gasteiger partial charge in [-0.25, -0.2) is 9.97 Å². The Morgan fingerprint density at radius 1 is 1.08 bits per heavy atom. The van der Waals surface area contributed by atoms with Gasteiger partial charge in [-0.05, 0) is 30.3 Å². The minimum absolute atomic E-state index is 0.0579. The van der Waals surface area contributed by atoms with Crippen LogP contribution < -0.4 is 5.32 Å². The summed E-state index contributed by atoms with van der Waals surface area (Å²) in [4.78, 5) is 24.1. The molecule has 0 unspecified atom stereocenters. The van der Waals surface area contributed by atoms with Crippen LogP contribution in [-0.4, -0.2) is 27.4 Å². The highest BCUT2D eigenvalue weighted by molar-refractivity contribution is 6.42. The molecular weight excluding hydrogens is 347 g/mol. The fraction of sp³-hybridized carbons (Fsp3) is 0.118. The zero-order valence-corrected chi connectivity index (χ0v) is 13.9. The third-order valence-corrected chi connectivity index (χ3v) is 4.65. The number of rotatable bonds is 2. The summed E-state index contributed by atoms with van der Waals surface area (Å²) in [7, 11) is 0. The van der Waals surface area contributed by atoms with E-state index in [1.165, 1.54) is 0 Å². The van der Waals surface area contributed by atoms with Crippen molar-refractivity contribution in [3.63, 3.8) is 0 Å². The van der Waals surface area contributed by atoms with E-state index in [1.807, 2.05) is 12.1 Å². The van der Waals surface area contributed by atoms with E-state index < -0.39 is 0 Å². The van der Waals surface area contributed by atoms with Crippen molar-refractivity contribution in [3.05, 3.63) is 57.8 Å². The fourth-order valence-electron chi connectivity index (χ4n) is 2.71. The normalized spacial score (nSPS) is 13.5. The van der Waals surface area contributed by atoms with Crippen molar-refractivity contribution in [2.24, 2.45) is 0 Å². The Kier molecular flexibility index (Phi) is 3.75. The van der Waals surface area contributed by atoms with Crippen molar-refractivity contribution in [2.45, 2.75) is 6.42 Å². The van der Waals surface area contributed by atoms with Gasteiger partial charge in [-0.3, -0.25) is 4.79 Å². The molecule has 1 amide bonds. The summed E-state index contributed by atoms with van der Waals surface area (Å²) in [6, 6.07) is 8.89. The first kappa shape index (κ1) is 15.2. The molecule has 3 heterocycles. The van der Waals surface area contributed by atoms with Gasteiger partial charge in [0.25, 0.3) is 5.91 Å². The second kappa shape index (κ2) is 5.92. The van der Waals surface area contributed by atoms with Gasteiger partial charge in [0, 0.05) is 30.4 Å². The first-order chi connectivity index (χ1) is 11.6. The quantitative estimate of drug-likeness (QED) is 0.733. The number of H-pyrrole nitrogens is 1. The predicted octanol–water partition coefficient (Wildman–Crippen LogP) is 3.73. The molecule has 0 aliphatic carbocycles. The molecule has 0 radical (unpaired) electrons. The highest BCUT2D eigenvalue weighted by Crippen LogP contribution is 2.28. The highest BCUT2D eigenvalue weighted by Gasteiger charge is 2.20. The molecule has 24 heavy (non-hydrogen) atoms. The lowest BCUT2D eigenvalue weighted by Gasteiger charge is -2.10. The molecule has 5 nitrogen and oxygen atoms in total. The highest BCUT2D eigenvalue weighted by atomic mass is 35.5. The van der Waals surface area contributed by atoms with Crippen molar-refractivity contribution >= 4 is 29.1 Å². The Labute approximate surface area is 148 Å². The molecule has 2 N–H and O–H groups in total. The van der Waals surface area contributed by atoms with Crippen molar-refractivity contribution < 1.29 is 4.79 Å². The summed E-state index contributed by atoms with van der Waals surface area (Å²) in [5, 5.41) is 3.77. The molecule has 0 bridgehead atoms. The van der Waals surface area contributed by atoms with Gasteiger partial charge < -0.3 is 10.3 Å². The van der Waals surface area contributed by atoms with Crippen LogP contribution in [0.5, 0.6) is 0 Å². The fourth-order valence-corrected chi connectivity index (χ4v) is 3.01. The van der Waals surface area contributed by atoms with Crippen LogP contribution in [0.3, 0.4) is 0 Å². The lowest BCUT2D eigenvalue weighted by atomic mass is 10.1. The Bertz CT molecular complexity index is 952. The van der Waals surface area contributed by atoms with Crippen LogP contribution in [0, 0.1) is 0 Å². The Balaban J connectivity index is 1.75. The second-order valence-electron chi connectivity index (χ2n) is 5.48. The van der Waals surface area contributed by atoms with E-state index in [0.717, 1.165) is 23.4 Å². The zero-order valence-electron chi connectivity index (χ0n) is 12.4. The maximum Gasteiger partial charge on any atom is 0.253 e. The number of fused-ring (bicyclic) bond motifs is 1. The molecule has 0 atom stereocenters. The van der Waals surface area contributed by atoms with Crippen molar-refractivity contribution in [2.75, 3.05) is 6.54 Å². The zero-order chi connectivity index (χ0) is 16.7. The van der Waals surface area contributed by atoms with Gasteiger partial charge in [0.2, 0.25) is 0 Å². The van der Waals surface area contributed by atoms with E-state index in [4.69, 9.17) is 23.2 Å². The van der Waals surface area contributed by atoms with E-state index in [9.17, 15) is 4.79 Å². The van der Waals surface area contributed by atoms with Crippen LogP contribution in [-0.2, 0) is 6.42 Å². The number of carbonyl (C=O) groups excluding carboxylic acids is 1. The van der Waals surface area contributed by atoms with Crippen molar-refractivity contribution in [3.8, 4) is 22.8 Å². The summed E-state index contributed by atoms with van der Waals surface area (Å²) in [6.07, 6.45) is 2.46. The Hall–Kier alpha value is -2.37. The number of carbonyl (C=O) groups is 1. The van der Waals surface area contributed by atoms with Crippen LogP contribution in [0.15, 0.2) is 36.5 Å². The molecular formula is C17H12Cl2N4O. The van der Waals surface area contributed by atoms with E-state index >= 15 is 0 Å². The molecule has 2 aromatic heterocycles. The first-order valence-electron chi connectivity index (χ1n) is 7.41. The van der Waals surface area contributed by atoms with Crippen LogP contribution in [0.4, 0.5) is 0 Å². The second-order valence-corrected chi connectivity index (χ2v) is 6.29. The molecule has 0 saturated heterocycles. The predicted molar refractivity (Wildman–Crippen MR) is 93.3 cm³/mol.